The van der Waals surface area contributed by atoms with Crippen molar-refractivity contribution in [1.82, 2.24) is 0 Å². The maximum atomic E-state index is 10.5. The quantitative estimate of drug-likeness (QED) is 0.353. The van der Waals surface area contributed by atoms with Gasteiger partial charge in [-0.2, -0.15) is 0 Å². The molecule has 0 aromatic rings. The van der Waals surface area contributed by atoms with Gasteiger partial charge in [0.1, 0.15) is 0 Å². The smallest absolute Gasteiger partial charge is 1.00 e. The van der Waals surface area contributed by atoms with Crippen LogP contribution in [0.15, 0.2) is 12.7 Å². The Hall–Kier alpha value is -0.160. The van der Waals surface area contributed by atoms with Crippen LogP contribution in [0.3, 0.4) is 0 Å². The molecule has 64 valence electrons. The maximum Gasteiger partial charge on any atom is 1.00 e. The van der Waals surface area contributed by atoms with Crippen molar-refractivity contribution < 1.29 is 50.8 Å². The average Bonchev–Trinajstić information content (AvgIpc) is 1.85. The predicted molar refractivity (Wildman–Crippen MR) is 39.2 cm³/mol. The number of carbonyl (C=O) groups is 2. The van der Waals surface area contributed by atoms with Gasteiger partial charge in [-0.3, -0.25) is 9.59 Å². The molecule has 0 aliphatic heterocycles. The number of aliphatic hydroxyl groups excluding tert-OH is 1. The van der Waals surface area contributed by atoms with E-state index in [-0.39, 0.29) is 43.2 Å². The molecule has 0 radical (unpaired) electrons. The molecule has 4 nitrogen and oxygen atoms in total. The van der Waals surface area contributed by atoms with Crippen molar-refractivity contribution in [3.63, 3.8) is 0 Å². The topological polar surface area (TPSA) is 74.6 Å². The van der Waals surface area contributed by atoms with E-state index in [0.29, 0.717) is 0 Å². The summed E-state index contributed by atoms with van der Waals surface area (Å²) >= 11 is 0. The summed E-state index contributed by atoms with van der Waals surface area (Å²) in [5, 5.41) is 17.0. The Bertz CT molecular complexity index is 183. The van der Waals surface area contributed by atoms with Crippen LogP contribution in [0.25, 0.3) is 0 Å². The summed E-state index contributed by atoms with van der Waals surface area (Å²) in [5.41, 5.74) is 0. The van der Waals surface area contributed by atoms with Gasteiger partial charge in [0, 0.05) is 6.42 Å². The Morgan fingerprint density at radius 1 is 1.50 bits per heavy atom. The standard InChI is InChI=1S/C7H10O4.Na.H/c1-2-5(8)3-6(9)4-7(10)11;;/h2,6,9H,1,3-4H2,(H,10,11);;/q;+1;-1/t6-;;/m1../s1. The van der Waals surface area contributed by atoms with Gasteiger partial charge in [0.25, 0.3) is 0 Å². The first-order valence-corrected chi connectivity index (χ1v) is 3.11. The third-order valence-electron chi connectivity index (χ3n) is 1.07. The van der Waals surface area contributed by atoms with E-state index in [1.807, 2.05) is 0 Å². The van der Waals surface area contributed by atoms with Crippen LogP contribution in [0.4, 0.5) is 0 Å². The molecular formula is C7H11NaO4. The Kier molecular flexibility index (Phi) is 8.97. The van der Waals surface area contributed by atoms with Crippen LogP contribution in [-0.4, -0.2) is 28.1 Å². The minimum absolute atomic E-state index is 0. The Morgan fingerprint density at radius 2 is 2.00 bits per heavy atom. The zero-order valence-corrected chi connectivity index (χ0v) is 8.99. The molecule has 0 amide bonds. The summed E-state index contributed by atoms with van der Waals surface area (Å²) < 4.78 is 0. The van der Waals surface area contributed by atoms with E-state index in [0.717, 1.165) is 6.08 Å². The Labute approximate surface area is 94.0 Å². The van der Waals surface area contributed by atoms with Crippen LogP contribution >= 0.6 is 0 Å². The number of hydrogen-bond donors (Lipinski definition) is 2. The van der Waals surface area contributed by atoms with Gasteiger partial charge in [-0.25, -0.2) is 0 Å². The maximum absolute atomic E-state index is 10.5. The summed E-state index contributed by atoms with van der Waals surface area (Å²) in [7, 11) is 0. The third kappa shape index (κ3) is 7.94. The first kappa shape index (κ1) is 14.4. The summed E-state index contributed by atoms with van der Waals surface area (Å²) in [5.74, 6) is -1.46. The van der Waals surface area contributed by atoms with E-state index in [9.17, 15) is 9.59 Å². The van der Waals surface area contributed by atoms with Crippen molar-refractivity contribution in [3.8, 4) is 0 Å². The molecular weight excluding hydrogens is 171 g/mol. The average molecular weight is 182 g/mol. The fourth-order valence-electron chi connectivity index (χ4n) is 0.589. The predicted octanol–water partition coefficient (Wildman–Crippen LogP) is -2.92. The molecule has 12 heavy (non-hydrogen) atoms. The van der Waals surface area contributed by atoms with E-state index in [2.05, 4.69) is 6.58 Å². The molecule has 0 aliphatic carbocycles. The van der Waals surface area contributed by atoms with Crippen molar-refractivity contribution >= 4 is 11.8 Å². The third-order valence-corrected chi connectivity index (χ3v) is 1.07. The first-order chi connectivity index (χ1) is 5.06. The van der Waals surface area contributed by atoms with Crippen LogP contribution in [0.1, 0.15) is 14.3 Å². The van der Waals surface area contributed by atoms with E-state index >= 15 is 0 Å². The van der Waals surface area contributed by atoms with Gasteiger partial charge in [0.2, 0.25) is 0 Å². The van der Waals surface area contributed by atoms with Gasteiger partial charge >= 0.3 is 35.5 Å². The molecule has 0 spiro atoms. The molecule has 1 atom stereocenters. The number of rotatable bonds is 5. The van der Waals surface area contributed by atoms with Crippen molar-refractivity contribution in [2.45, 2.75) is 18.9 Å². The van der Waals surface area contributed by atoms with Crippen LogP contribution in [0.2, 0.25) is 0 Å². The molecule has 2 N–H and O–H groups in total. The van der Waals surface area contributed by atoms with E-state index in [4.69, 9.17) is 10.2 Å². The summed E-state index contributed by atoms with van der Waals surface area (Å²) in [4.78, 5) is 20.5. The molecule has 0 aromatic carbocycles. The molecule has 0 rings (SSSR count). The second kappa shape index (κ2) is 7.49. The van der Waals surface area contributed by atoms with Gasteiger partial charge in [-0.15, -0.1) is 0 Å². The van der Waals surface area contributed by atoms with Gasteiger partial charge in [-0.1, -0.05) is 6.58 Å². The molecule has 0 saturated carbocycles. The molecule has 0 unspecified atom stereocenters. The molecule has 0 aliphatic rings. The Balaban J connectivity index is -0.000000500. The number of carboxylic acid groups (broad SMARTS) is 1. The SMILES string of the molecule is C=CC(=O)C[C@@H](O)CC(=O)O.[H-].[Na+]. The largest absolute Gasteiger partial charge is 1.00 e. The van der Waals surface area contributed by atoms with E-state index in [1.54, 1.807) is 0 Å². The summed E-state index contributed by atoms with van der Waals surface area (Å²) in [6.45, 7) is 3.18. The van der Waals surface area contributed by atoms with Crippen molar-refractivity contribution in [2.75, 3.05) is 0 Å². The van der Waals surface area contributed by atoms with Crippen LogP contribution in [0.5, 0.6) is 0 Å². The molecule has 0 fully saturated rings. The molecule has 0 bridgehead atoms. The van der Waals surface area contributed by atoms with Gasteiger partial charge < -0.3 is 11.6 Å². The number of aliphatic carboxylic acids is 1. The number of aliphatic hydroxyl groups is 1. The van der Waals surface area contributed by atoms with Crippen LogP contribution in [-0.2, 0) is 9.59 Å². The van der Waals surface area contributed by atoms with Gasteiger partial charge in [0.15, 0.2) is 5.78 Å². The fraction of sp³-hybridized carbons (Fsp3) is 0.429. The number of carbonyl (C=O) groups excluding carboxylic acids is 1. The van der Waals surface area contributed by atoms with Crippen LogP contribution in [0, 0.1) is 0 Å². The molecule has 0 heterocycles. The number of allylic oxidation sites excluding steroid dienone is 1. The second-order valence-corrected chi connectivity index (χ2v) is 2.13. The van der Waals surface area contributed by atoms with Gasteiger partial charge in [-0.05, 0) is 6.08 Å². The molecule has 0 aromatic heterocycles. The first-order valence-electron chi connectivity index (χ1n) is 3.11. The monoisotopic (exact) mass is 182 g/mol. The van der Waals surface area contributed by atoms with Crippen molar-refractivity contribution in [3.05, 3.63) is 12.7 Å². The van der Waals surface area contributed by atoms with Crippen LogP contribution < -0.4 is 29.6 Å². The fourth-order valence-corrected chi connectivity index (χ4v) is 0.589. The zero-order valence-electron chi connectivity index (χ0n) is 7.99. The minimum Gasteiger partial charge on any atom is -1.00 e. The Morgan fingerprint density at radius 3 is 2.33 bits per heavy atom. The molecule has 5 heteroatoms. The zero-order chi connectivity index (χ0) is 8.85. The summed E-state index contributed by atoms with van der Waals surface area (Å²) in [6, 6.07) is 0. The number of carboxylic acids is 1. The summed E-state index contributed by atoms with van der Waals surface area (Å²) in [6.07, 6.45) is -0.613. The van der Waals surface area contributed by atoms with E-state index in [1.165, 1.54) is 0 Å². The number of hydrogen-bond acceptors (Lipinski definition) is 3. The second-order valence-electron chi connectivity index (χ2n) is 2.13. The normalized spacial score (nSPS) is 11.1. The molecule has 0 saturated heterocycles. The van der Waals surface area contributed by atoms with Crippen molar-refractivity contribution in [1.29, 1.82) is 0 Å². The van der Waals surface area contributed by atoms with Gasteiger partial charge in [0.05, 0.1) is 12.5 Å². The van der Waals surface area contributed by atoms with E-state index < -0.39 is 18.5 Å². The number of ketones is 1. The minimum atomic E-state index is -1.12. The van der Waals surface area contributed by atoms with Crippen molar-refractivity contribution in [2.24, 2.45) is 0 Å².